The van der Waals surface area contributed by atoms with Gasteiger partial charge >= 0.3 is 0 Å². The summed E-state index contributed by atoms with van der Waals surface area (Å²) in [7, 11) is 2.12. The van der Waals surface area contributed by atoms with E-state index in [0.29, 0.717) is 24.2 Å². The lowest BCUT2D eigenvalue weighted by Crippen LogP contribution is -2.53. The van der Waals surface area contributed by atoms with Gasteiger partial charge in [0.25, 0.3) is 0 Å². The molecular weight excluding hydrogens is 438 g/mol. The number of nitrogens with one attached hydrogen (secondary N) is 1. The molecule has 2 amide bonds. The lowest BCUT2D eigenvalue weighted by Gasteiger charge is -2.39. The summed E-state index contributed by atoms with van der Waals surface area (Å²) in [6.45, 7) is 15.7. The molecule has 0 aromatic heterocycles. The van der Waals surface area contributed by atoms with Crippen molar-refractivity contribution in [2.75, 3.05) is 18.9 Å². The van der Waals surface area contributed by atoms with Gasteiger partial charge in [-0.2, -0.15) is 0 Å². The summed E-state index contributed by atoms with van der Waals surface area (Å²) in [5.41, 5.74) is 5.80. The van der Waals surface area contributed by atoms with Crippen LogP contribution >= 0.6 is 0 Å². The summed E-state index contributed by atoms with van der Waals surface area (Å²) in [6, 6.07) is 7.63. The molecule has 35 heavy (non-hydrogen) atoms. The zero-order valence-electron chi connectivity index (χ0n) is 22.6. The molecule has 0 saturated heterocycles. The topological polar surface area (TPSA) is 72.9 Å². The van der Waals surface area contributed by atoms with E-state index < -0.39 is 11.5 Å². The number of carbonyl (C=O) groups excluding carboxylic acids is 2. The minimum atomic E-state index is -0.601. The molecule has 0 saturated carbocycles. The lowest BCUT2D eigenvalue weighted by molar-refractivity contribution is -0.146. The number of carbonyl (C=O) groups is 2. The summed E-state index contributed by atoms with van der Waals surface area (Å²) < 4.78 is 0. The predicted molar refractivity (Wildman–Crippen MR) is 142 cm³/mol. The maximum Gasteiger partial charge on any atom is 0.247 e. The first kappa shape index (κ1) is 26.7. The van der Waals surface area contributed by atoms with Gasteiger partial charge in [0.05, 0.1) is 0 Å². The smallest absolute Gasteiger partial charge is 0.247 e. The Morgan fingerprint density at radius 1 is 1.11 bits per heavy atom. The van der Waals surface area contributed by atoms with Crippen LogP contribution in [-0.2, 0) is 29.1 Å². The molecule has 6 nitrogen and oxygen atoms in total. The standard InChI is InChI=1S/C29H41N3O3/c1-9-12-31(8)16-21-10-11-22-15-25(32(17-23(22)14-21)28(35)29(5,6)7)27(34)30-24-13-18(2)26(33)20(4)19(24)3/h10-11,13-14,25,33H,9,12,15-17H2,1-8H3,(H,30,34)/t25-/m0/s1. The van der Waals surface area contributed by atoms with Crippen LogP contribution < -0.4 is 5.32 Å². The summed E-state index contributed by atoms with van der Waals surface area (Å²) >= 11 is 0. The highest BCUT2D eigenvalue weighted by molar-refractivity contribution is 5.99. The SMILES string of the molecule is CCCN(C)Cc1ccc2c(c1)CN(C(=O)C(C)(C)C)[C@H](C(=O)Nc1cc(C)c(O)c(C)c1C)C2. The molecule has 0 unspecified atom stereocenters. The van der Waals surface area contributed by atoms with E-state index in [1.54, 1.807) is 11.0 Å². The van der Waals surface area contributed by atoms with Gasteiger partial charge in [-0.05, 0) is 80.2 Å². The van der Waals surface area contributed by atoms with E-state index >= 15 is 0 Å². The van der Waals surface area contributed by atoms with Crippen LogP contribution in [-0.4, -0.2) is 46.4 Å². The van der Waals surface area contributed by atoms with Gasteiger partial charge < -0.3 is 20.2 Å². The van der Waals surface area contributed by atoms with Crippen molar-refractivity contribution in [3.05, 3.63) is 57.6 Å². The van der Waals surface area contributed by atoms with Crippen molar-refractivity contribution in [1.29, 1.82) is 0 Å². The molecule has 1 aliphatic rings. The van der Waals surface area contributed by atoms with E-state index in [1.807, 2.05) is 41.5 Å². The van der Waals surface area contributed by atoms with Gasteiger partial charge in [0.15, 0.2) is 0 Å². The summed E-state index contributed by atoms with van der Waals surface area (Å²) in [5.74, 6) is 0.0104. The zero-order valence-corrected chi connectivity index (χ0v) is 22.6. The minimum Gasteiger partial charge on any atom is -0.507 e. The van der Waals surface area contributed by atoms with E-state index in [2.05, 4.69) is 42.4 Å². The normalized spacial score (nSPS) is 15.8. The van der Waals surface area contributed by atoms with E-state index in [1.165, 1.54) is 5.56 Å². The van der Waals surface area contributed by atoms with E-state index in [4.69, 9.17) is 0 Å². The molecule has 190 valence electrons. The molecule has 0 spiro atoms. The highest BCUT2D eigenvalue weighted by Crippen LogP contribution is 2.33. The molecular formula is C29H41N3O3. The number of benzene rings is 2. The van der Waals surface area contributed by atoms with Crippen LogP contribution in [0.25, 0.3) is 0 Å². The van der Waals surface area contributed by atoms with Crippen molar-refractivity contribution < 1.29 is 14.7 Å². The number of aryl methyl sites for hydroxylation is 1. The van der Waals surface area contributed by atoms with Gasteiger partial charge in [0, 0.05) is 30.6 Å². The Kier molecular flexibility index (Phi) is 7.95. The second kappa shape index (κ2) is 10.4. The fourth-order valence-electron chi connectivity index (χ4n) is 4.80. The van der Waals surface area contributed by atoms with Crippen LogP contribution in [0.5, 0.6) is 5.75 Å². The van der Waals surface area contributed by atoms with Crippen LogP contribution in [0.4, 0.5) is 5.69 Å². The number of amides is 2. The largest absolute Gasteiger partial charge is 0.507 e. The fourth-order valence-corrected chi connectivity index (χ4v) is 4.80. The quantitative estimate of drug-likeness (QED) is 0.566. The predicted octanol–water partition coefficient (Wildman–Crippen LogP) is 5.10. The molecule has 0 radical (unpaired) electrons. The van der Waals surface area contributed by atoms with Gasteiger partial charge in [0.2, 0.25) is 11.8 Å². The third-order valence-electron chi connectivity index (χ3n) is 6.98. The van der Waals surface area contributed by atoms with Gasteiger partial charge in [0.1, 0.15) is 11.8 Å². The van der Waals surface area contributed by atoms with Crippen molar-refractivity contribution in [2.24, 2.45) is 5.41 Å². The second-order valence-corrected chi connectivity index (χ2v) is 11.1. The summed E-state index contributed by atoms with van der Waals surface area (Å²) in [6.07, 6.45) is 1.58. The number of hydrogen-bond donors (Lipinski definition) is 2. The lowest BCUT2D eigenvalue weighted by atomic mass is 9.87. The Labute approximate surface area is 210 Å². The maximum absolute atomic E-state index is 13.6. The number of phenolic OH excluding ortho intramolecular Hbond substituents is 1. The number of phenols is 1. The fraction of sp³-hybridized carbons (Fsp3) is 0.517. The molecule has 6 heteroatoms. The molecule has 2 aromatic carbocycles. The van der Waals surface area contributed by atoms with Crippen LogP contribution in [0.15, 0.2) is 24.3 Å². The molecule has 0 fully saturated rings. The second-order valence-electron chi connectivity index (χ2n) is 11.1. The number of fused-ring (bicyclic) bond motifs is 1. The molecule has 2 N–H and O–H groups in total. The van der Waals surface area contributed by atoms with Crippen LogP contribution in [0.1, 0.15) is 67.5 Å². The van der Waals surface area contributed by atoms with Crippen LogP contribution in [0.2, 0.25) is 0 Å². The molecule has 2 aromatic rings. The molecule has 3 rings (SSSR count). The Morgan fingerprint density at radius 2 is 1.80 bits per heavy atom. The minimum absolute atomic E-state index is 0.0356. The maximum atomic E-state index is 13.6. The van der Waals surface area contributed by atoms with Crippen molar-refractivity contribution in [2.45, 2.75) is 80.4 Å². The molecule has 1 aliphatic heterocycles. The zero-order chi connectivity index (χ0) is 26.1. The van der Waals surface area contributed by atoms with E-state index in [0.717, 1.165) is 41.8 Å². The van der Waals surface area contributed by atoms with E-state index in [9.17, 15) is 14.7 Å². The van der Waals surface area contributed by atoms with Crippen LogP contribution in [0.3, 0.4) is 0 Å². The average molecular weight is 480 g/mol. The Hall–Kier alpha value is -2.86. The van der Waals surface area contributed by atoms with E-state index in [-0.39, 0.29) is 17.6 Å². The third kappa shape index (κ3) is 5.87. The van der Waals surface area contributed by atoms with Gasteiger partial charge in [-0.1, -0.05) is 45.9 Å². The third-order valence-corrected chi connectivity index (χ3v) is 6.98. The highest BCUT2D eigenvalue weighted by Gasteiger charge is 2.39. The number of anilines is 1. The number of aromatic hydroxyl groups is 1. The Bertz CT molecular complexity index is 1120. The van der Waals surface area contributed by atoms with Gasteiger partial charge in [-0.15, -0.1) is 0 Å². The molecule has 0 bridgehead atoms. The number of hydrogen-bond acceptors (Lipinski definition) is 4. The van der Waals surface area contributed by atoms with Crippen molar-refractivity contribution in [3.8, 4) is 5.75 Å². The number of rotatable bonds is 6. The molecule has 0 aliphatic carbocycles. The van der Waals surface area contributed by atoms with Crippen molar-refractivity contribution in [1.82, 2.24) is 9.80 Å². The molecule has 1 atom stereocenters. The van der Waals surface area contributed by atoms with Crippen molar-refractivity contribution >= 4 is 17.5 Å². The molecule has 1 heterocycles. The first-order valence-electron chi connectivity index (χ1n) is 12.5. The number of nitrogens with zero attached hydrogens (tertiary/aromatic N) is 2. The Balaban J connectivity index is 1.93. The highest BCUT2D eigenvalue weighted by atomic mass is 16.3. The Morgan fingerprint density at radius 3 is 2.43 bits per heavy atom. The van der Waals surface area contributed by atoms with Crippen LogP contribution in [0, 0.1) is 26.2 Å². The summed E-state index contributed by atoms with van der Waals surface area (Å²) in [4.78, 5) is 31.1. The first-order chi connectivity index (χ1) is 16.3. The van der Waals surface area contributed by atoms with Gasteiger partial charge in [-0.25, -0.2) is 0 Å². The average Bonchev–Trinajstić information content (AvgIpc) is 2.79. The monoisotopic (exact) mass is 479 g/mol. The summed E-state index contributed by atoms with van der Waals surface area (Å²) in [5, 5.41) is 13.3. The van der Waals surface area contributed by atoms with Gasteiger partial charge in [-0.3, -0.25) is 9.59 Å². The first-order valence-corrected chi connectivity index (χ1v) is 12.5. The van der Waals surface area contributed by atoms with Crippen molar-refractivity contribution in [3.63, 3.8) is 0 Å².